The van der Waals surface area contributed by atoms with Gasteiger partial charge in [-0.25, -0.2) is 9.97 Å². The van der Waals surface area contributed by atoms with Gasteiger partial charge in [0.2, 0.25) is 11.8 Å². The van der Waals surface area contributed by atoms with Crippen LogP contribution in [-0.4, -0.2) is 93.5 Å². The van der Waals surface area contributed by atoms with Crippen molar-refractivity contribution >= 4 is 34.4 Å². The molecule has 0 unspecified atom stereocenters. The second kappa shape index (κ2) is 11.8. The van der Waals surface area contributed by atoms with E-state index in [1.807, 2.05) is 11.2 Å². The highest BCUT2D eigenvalue weighted by Gasteiger charge is 2.56. The molecule has 4 aliphatic heterocycles. The zero-order chi connectivity index (χ0) is 33.5. The van der Waals surface area contributed by atoms with Crippen LogP contribution < -0.4 is 15.5 Å². The average molecular weight is 665 g/mol. The third-order valence-corrected chi connectivity index (χ3v) is 12.9. The Morgan fingerprint density at radius 2 is 1.78 bits per heavy atom. The molecule has 3 saturated heterocycles. The smallest absolute Gasteiger partial charge is 0.238 e. The fraction of sp³-hybridized carbons (Fsp3) is 0.641. The van der Waals surface area contributed by atoms with Gasteiger partial charge in [0.1, 0.15) is 5.52 Å². The summed E-state index contributed by atoms with van der Waals surface area (Å²) in [5.74, 6) is 1.39. The first kappa shape index (κ1) is 31.5. The van der Waals surface area contributed by atoms with Crippen LogP contribution in [0.3, 0.4) is 0 Å². The van der Waals surface area contributed by atoms with Gasteiger partial charge in [-0.3, -0.25) is 9.59 Å². The summed E-state index contributed by atoms with van der Waals surface area (Å²) in [6.07, 6.45) is 12.5. The van der Waals surface area contributed by atoms with Crippen molar-refractivity contribution in [3.63, 3.8) is 0 Å². The molecule has 2 aromatic heterocycles. The Kier molecular flexibility index (Phi) is 7.58. The van der Waals surface area contributed by atoms with Crippen LogP contribution in [0, 0.1) is 5.41 Å². The fourth-order valence-electron chi connectivity index (χ4n) is 9.54. The standard InChI is InChI=1S/C39H52N8O2/c1-25(2)46-24-41-32-22-31(43-35(34(32)46)42-27-8-9-27)26-7-10-30-33(19-26)47(29-20-28(21-29)44-15-5-4-6-16-44)37(49)39(30)12-17-45(18-13-39)36(48)38(3)11-14-40-23-38/h7,10,19,22,24-25,27-29,40H,4-6,8-9,11-18,20-21,23H2,1-3H3,(H,42,43)/t28-,29+,38-/m1/s1. The highest BCUT2D eigenvalue weighted by Crippen LogP contribution is 2.52. The third kappa shape index (κ3) is 5.19. The molecular formula is C39H52N8O2. The number of hydrogen-bond acceptors (Lipinski definition) is 7. The predicted octanol–water partition coefficient (Wildman–Crippen LogP) is 5.48. The summed E-state index contributed by atoms with van der Waals surface area (Å²) in [6.45, 7) is 11.7. The second-order valence-corrected chi connectivity index (χ2v) is 16.5. The maximum atomic E-state index is 14.9. The number of carbonyl (C=O) groups is 2. The van der Waals surface area contributed by atoms with Crippen LogP contribution in [0.25, 0.3) is 22.3 Å². The van der Waals surface area contributed by atoms with Crippen LogP contribution in [0.1, 0.15) is 96.6 Å². The summed E-state index contributed by atoms with van der Waals surface area (Å²) in [7, 11) is 0. The van der Waals surface area contributed by atoms with Crippen molar-refractivity contribution in [3.8, 4) is 11.3 Å². The first-order valence-electron chi connectivity index (χ1n) is 19.1. The molecule has 2 N–H and O–H groups in total. The van der Waals surface area contributed by atoms with Gasteiger partial charge in [-0.05, 0) is 116 Å². The van der Waals surface area contributed by atoms with Gasteiger partial charge < -0.3 is 29.9 Å². The number of nitrogens with zero attached hydrogens (tertiary/aromatic N) is 6. The van der Waals surface area contributed by atoms with Crippen LogP contribution in [0.15, 0.2) is 30.6 Å². The quantitative estimate of drug-likeness (QED) is 0.346. The van der Waals surface area contributed by atoms with Gasteiger partial charge in [0.15, 0.2) is 5.82 Å². The van der Waals surface area contributed by atoms with Crippen LogP contribution in [-0.2, 0) is 15.0 Å². The first-order valence-corrected chi connectivity index (χ1v) is 19.1. The normalized spacial score (nSPS) is 28.4. The van der Waals surface area contributed by atoms with Crippen LogP contribution >= 0.6 is 0 Å². The third-order valence-electron chi connectivity index (χ3n) is 12.9. The predicted molar refractivity (Wildman–Crippen MR) is 193 cm³/mol. The number of imidazole rings is 1. The van der Waals surface area contributed by atoms with Gasteiger partial charge in [0.25, 0.3) is 0 Å². The number of piperidine rings is 2. The van der Waals surface area contributed by atoms with Gasteiger partial charge in [-0.1, -0.05) is 18.6 Å². The van der Waals surface area contributed by atoms with E-state index in [4.69, 9.17) is 9.97 Å². The van der Waals surface area contributed by atoms with E-state index in [2.05, 4.69) is 70.0 Å². The molecule has 0 radical (unpaired) electrons. The van der Waals surface area contributed by atoms with E-state index in [1.54, 1.807) is 0 Å². The lowest BCUT2D eigenvalue weighted by Gasteiger charge is -2.48. The lowest BCUT2D eigenvalue weighted by atomic mass is 9.72. The molecule has 2 aliphatic carbocycles. The van der Waals surface area contributed by atoms with E-state index < -0.39 is 5.41 Å². The van der Waals surface area contributed by atoms with E-state index in [0.717, 1.165) is 71.7 Å². The van der Waals surface area contributed by atoms with Crippen molar-refractivity contribution in [1.29, 1.82) is 0 Å². The van der Waals surface area contributed by atoms with Crippen molar-refractivity contribution in [2.45, 2.75) is 115 Å². The number of nitrogens with one attached hydrogen (secondary N) is 2. The topological polar surface area (TPSA) is 98.6 Å². The molecule has 1 spiro atoms. The van der Waals surface area contributed by atoms with Crippen molar-refractivity contribution in [1.82, 2.24) is 29.7 Å². The Morgan fingerprint density at radius 1 is 1.00 bits per heavy atom. The summed E-state index contributed by atoms with van der Waals surface area (Å²) in [5.41, 5.74) is 5.19. The Labute approximate surface area is 290 Å². The minimum Gasteiger partial charge on any atom is -0.366 e. The number of fused-ring (bicyclic) bond motifs is 3. The molecule has 1 atom stereocenters. The maximum absolute atomic E-state index is 14.9. The highest BCUT2D eigenvalue weighted by molar-refractivity contribution is 6.09. The number of benzene rings is 1. The molecule has 9 rings (SSSR count). The number of hydrogen-bond donors (Lipinski definition) is 2. The maximum Gasteiger partial charge on any atom is 0.238 e. The van der Waals surface area contributed by atoms with Crippen molar-refractivity contribution in [2.75, 3.05) is 49.5 Å². The summed E-state index contributed by atoms with van der Waals surface area (Å²) in [4.78, 5) is 45.5. The van der Waals surface area contributed by atoms with Crippen LogP contribution in [0.5, 0.6) is 0 Å². The van der Waals surface area contributed by atoms with Gasteiger partial charge >= 0.3 is 0 Å². The van der Waals surface area contributed by atoms with Crippen LogP contribution in [0.2, 0.25) is 0 Å². The minimum atomic E-state index is -0.582. The van der Waals surface area contributed by atoms with E-state index in [0.29, 0.717) is 38.0 Å². The number of likely N-dealkylation sites (tertiary alicyclic amines) is 2. The molecule has 6 heterocycles. The Hall–Kier alpha value is -3.50. The number of carbonyl (C=O) groups excluding carboxylic acids is 2. The first-order chi connectivity index (χ1) is 23.7. The number of pyridine rings is 1. The average Bonchev–Trinajstić information content (AvgIpc) is 3.52. The molecule has 2 amide bonds. The summed E-state index contributed by atoms with van der Waals surface area (Å²) in [6, 6.07) is 10.3. The number of anilines is 2. The van der Waals surface area contributed by atoms with Gasteiger partial charge in [0.05, 0.1) is 28.4 Å². The molecule has 3 aromatic rings. The second-order valence-electron chi connectivity index (χ2n) is 16.5. The number of amides is 2. The SMILES string of the molecule is CC(C)n1cnc2cc(-c3ccc4c(c3)N([C@H]3C[C@@H](N5CCCCC5)C3)C(=O)C43CCN(C(=O)[C@]4(C)CCNC4)CC3)nc(NC3CC3)c21. The number of rotatable bonds is 7. The van der Waals surface area contributed by atoms with E-state index >= 15 is 0 Å². The Bertz CT molecular complexity index is 1770. The zero-order valence-electron chi connectivity index (χ0n) is 29.5. The van der Waals surface area contributed by atoms with E-state index in [9.17, 15) is 9.59 Å². The molecule has 10 nitrogen and oxygen atoms in total. The molecular weight excluding hydrogens is 612 g/mol. The van der Waals surface area contributed by atoms with Gasteiger partial charge in [-0.15, -0.1) is 0 Å². The van der Waals surface area contributed by atoms with E-state index in [-0.39, 0.29) is 29.3 Å². The summed E-state index contributed by atoms with van der Waals surface area (Å²) < 4.78 is 2.21. The zero-order valence-corrected chi connectivity index (χ0v) is 29.5. The minimum absolute atomic E-state index is 0.209. The van der Waals surface area contributed by atoms with Crippen molar-refractivity contribution < 1.29 is 9.59 Å². The lowest BCUT2D eigenvalue weighted by molar-refractivity contribution is -0.143. The molecule has 260 valence electrons. The van der Waals surface area contributed by atoms with E-state index in [1.165, 1.54) is 45.2 Å². The molecule has 6 aliphatic rings. The van der Waals surface area contributed by atoms with Gasteiger partial charge in [-0.2, -0.15) is 0 Å². The largest absolute Gasteiger partial charge is 0.366 e. The molecule has 2 saturated carbocycles. The molecule has 10 heteroatoms. The summed E-state index contributed by atoms with van der Waals surface area (Å²) >= 11 is 0. The Balaban J connectivity index is 1.06. The molecule has 5 fully saturated rings. The van der Waals surface area contributed by atoms with Gasteiger partial charge in [0, 0.05) is 55.1 Å². The Morgan fingerprint density at radius 3 is 2.47 bits per heavy atom. The van der Waals surface area contributed by atoms with Crippen molar-refractivity contribution in [3.05, 3.63) is 36.2 Å². The molecule has 49 heavy (non-hydrogen) atoms. The monoisotopic (exact) mass is 664 g/mol. The lowest BCUT2D eigenvalue weighted by Crippen LogP contribution is -2.59. The van der Waals surface area contributed by atoms with Crippen molar-refractivity contribution in [2.24, 2.45) is 5.41 Å². The van der Waals surface area contributed by atoms with Crippen LogP contribution in [0.4, 0.5) is 11.5 Å². The number of aromatic nitrogens is 3. The molecule has 0 bridgehead atoms. The summed E-state index contributed by atoms with van der Waals surface area (Å²) in [5, 5.41) is 7.08. The highest BCUT2D eigenvalue weighted by atomic mass is 16.2. The fourth-order valence-corrected chi connectivity index (χ4v) is 9.54. The molecule has 1 aromatic carbocycles.